The fourth-order valence-corrected chi connectivity index (χ4v) is 5.45. The fourth-order valence-electron chi connectivity index (χ4n) is 5.45. The van der Waals surface area contributed by atoms with Gasteiger partial charge < -0.3 is 4.74 Å². The zero-order valence-electron chi connectivity index (χ0n) is 18.3. The molecular weight excluding hydrogens is 430 g/mol. The molecule has 2 aliphatic rings. The number of hydrogen-bond donors (Lipinski definition) is 0. The third-order valence-electron chi connectivity index (χ3n) is 7.18. The van der Waals surface area contributed by atoms with Gasteiger partial charge in [-0.3, -0.25) is 4.39 Å². The van der Waals surface area contributed by atoms with Crippen LogP contribution in [0.1, 0.15) is 69.8 Å². The number of aryl methyl sites for hydroxylation is 1. The molecule has 0 aliphatic heterocycles. The number of alkyl halides is 4. The van der Waals surface area contributed by atoms with Crippen LogP contribution in [0.5, 0.6) is 5.75 Å². The van der Waals surface area contributed by atoms with Gasteiger partial charge in [0.05, 0.1) is 6.67 Å². The molecule has 0 unspecified atom stereocenters. The largest absolute Gasteiger partial charge is 0.573 e. The van der Waals surface area contributed by atoms with Gasteiger partial charge in [0.2, 0.25) is 5.75 Å². The quantitative estimate of drug-likeness (QED) is 0.279. The van der Waals surface area contributed by atoms with Crippen molar-refractivity contribution in [3.63, 3.8) is 0 Å². The van der Waals surface area contributed by atoms with Crippen molar-refractivity contribution in [2.24, 2.45) is 23.7 Å². The van der Waals surface area contributed by atoms with Crippen LogP contribution in [0.4, 0.5) is 26.3 Å². The number of rotatable bonds is 8. The Hall–Kier alpha value is -1.66. The maximum absolute atomic E-state index is 13.9. The van der Waals surface area contributed by atoms with E-state index >= 15 is 0 Å². The molecule has 1 aromatic rings. The van der Waals surface area contributed by atoms with Gasteiger partial charge in [-0.1, -0.05) is 25.0 Å². The number of hydrogen-bond acceptors (Lipinski definition) is 1. The molecule has 0 aromatic heterocycles. The second-order valence-corrected chi connectivity index (χ2v) is 9.34. The molecule has 32 heavy (non-hydrogen) atoms. The van der Waals surface area contributed by atoms with E-state index in [1.165, 1.54) is 38.5 Å². The third kappa shape index (κ3) is 7.45. The molecule has 0 spiro atoms. The van der Waals surface area contributed by atoms with E-state index < -0.39 is 23.7 Å². The summed E-state index contributed by atoms with van der Waals surface area (Å²) in [6, 6.07) is 1.88. The van der Waals surface area contributed by atoms with Crippen LogP contribution >= 0.6 is 0 Å². The number of ether oxygens (including phenoxy) is 1. The van der Waals surface area contributed by atoms with Crippen molar-refractivity contribution < 1.29 is 31.1 Å². The molecule has 0 N–H and O–H groups in total. The average Bonchev–Trinajstić information content (AvgIpc) is 2.75. The van der Waals surface area contributed by atoms with Crippen molar-refractivity contribution in [2.45, 2.75) is 77.0 Å². The van der Waals surface area contributed by atoms with Crippen molar-refractivity contribution in [3.8, 4) is 5.75 Å². The highest BCUT2D eigenvalue weighted by atomic mass is 19.4. The molecule has 0 amide bonds. The van der Waals surface area contributed by atoms with Crippen LogP contribution in [0.25, 0.3) is 0 Å². The lowest BCUT2D eigenvalue weighted by Gasteiger charge is -2.37. The van der Waals surface area contributed by atoms with Gasteiger partial charge in [0.15, 0.2) is 11.6 Å². The molecule has 0 atom stereocenters. The molecule has 0 saturated heterocycles. The average molecular weight is 463 g/mol. The molecule has 7 heteroatoms. The van der Waals surface area contributed by atoms with Gasteiger partial charge in [-0.15, -0.1) is 13.2 Å². The van der Waals surface area contributed by atoms with Crippen LogP contribution in [0.2, 0.25) is 0 Å². The van der Waals surface area contributed by atoms with Gasteiger partial charge in [0.1, 0.15) is 0 Å². The van der Waals surface area contributed by atoms with E-state index in [0.29, 0.717) is 30.2 Å². The Morgan fingerprint density at radius 2 is 1.44 bits per heavy atom. The highest BCUT2D eigenvalue weighted by Crippen LogP contribution is 2.42. The van der Waals surface area contributed by atoms with Crippen molar-refractivity contribution in [1.82, 2.24) is 0 Å². The Morgan fingerprint density at radius 3 is 1.97 bits per heavy atom. The molecule has 3 rings (SSSR count). The lowest BCUT2D eigenvalue weighted by molar-refractivity contribution is -0.276. The zero-order valence-corrected chi connectivity index (χ0v) is 18.3. The standard InChI is InChI=1S/C25H32F6O/c26-14-2-1-3-17-6-10-20(11-7-17)21-12-8-18(9-13-21)4-5-19-15-22(27)24(23(28)16-19)32-25(29,30)31/h1,3,15-18,20-21H,2,4-14H2/b3-1+/t17-,18?,20-,21?. The van der Waals surface area contributed by atoms with Gasteiger partial charge in [-0.05, 0) is 99.2 Å². The molecular formula is C25H32F6O. The van der Waals surface area contributed by atoms with Crippen LogP contribution in [0.3, 0.4) is 0 Å². The van der Waals surface area contributed by atoms with Gasteiger partial charge >= 0.3 is 6.36 Å². The van der Waals surface area contributed by atoms with Crippen molar-refractivity contribution in [3.05, 3.63) is 41.5 Å². The summed E-state index contributed by atoms with van der Waals surface area (Å²) >= 11 is 0. The number of benzene rings is 1. The molecule has 2 saturated carbocycles. The Bertz CT molecular complexity index is 720. The van der Waals surface area contributed by atoms with Gasteiger partial charge in [-0.2, -0.15) is 0 Å². The molecule has 2 aliphatic carbocycles. The molecule has 0 radical (unpaired) electrons. The Morgan fingerprint density at radius 1 is 0.875 bits per heavy atom. The smallest absolute Gasteiger partial charge is 0.399 e. The zero-order chi connectivity index (χ0) is 23.1. The highest BCUT2D eigenvalue weighted by molar-refractivity contribution is 5.31. The first-order valence-electron chi connectivity index (χ1n) is 11.7. The monoisotopic (exact) mass is 462 g/mol. The summed E-state index contributed by atoms with van der Waals surface area (Å²) in [7, 11) is 0. The summed E-state index contributed by atoms with van der Waals surface area (Å²) in [5, 5.41) is 0. The van der Waals surface area contributed by atoms with Gasteiger partial charge in [0.25, 0.3) is 0 Å². The summed E-state index contributed by atoms with van der Waals surface area (Å²) in [4.78, 5) is 0. The first-order chi connectivity index (χ1) is 15.2. The van der Waals surface area contributed by atoms with Gasteiger partial charge in [0, 0.05) is 0 Å². The summed E-state index contributed by atoms with van der Waals surface area (Å²) < 4.78 is 80.3. The molecule has 1 nitrogen and oxygen atoms in total. The van der Waals surface area contributed by atoms with E-state index in [9.17, 15) is 26.3 Å². The Balaban J connectivity index is 1.41. The van der Waals surface area contributed by atoms with E-state index in [0.717, 1.165) is 43.2 Å². The van der Waals surface area contributed by atoms with Crippen molar-refractivity contribution in [2.75, 3.05) is 6.67 Å². The van der Waals surface area contributed by atoms with Crippen LogP contribution in [0, 0.1) is 35.3 Å². The highest BCUT2D eigenvalue weighted by Gasteiger charge is 2.34. The van der Waals surface area contributed by atoms with Crippen LogP contribution < -0.4 is 4.74 Å². The van der Waals surface area contributed by atoms with E-state index in [1.807, 2.05) is 6.08 Å². The summed E-state index contributed by atoms with van der Waals surface area (Å²) in [5.41, 5.74) is 0.357. The lowest BCUT2D eigenvalue weighted by Crippen LogP contribution is -2.25. The second kappa shape index (κ2) is 11.5. The summed E-state index contributed by atoms with van der Waals surface area (Å²) in [5.74, 6) is -1.49. The van der Waals surface area contributed by atoms with E-state index in [1.54, 1.807) is 0 Å². The predicted octanol–water partition coefficient (Wildman–Crippen LogP) is 8.32. The van der Waals surface area contributed by atoms with Crippen LogP contribution in [0.15, 0.2) is 24.3 Å². The Labute approximate surface area is 186 Å². The van der Waals surface area contributed by atoms with E-state index in [-0.39, 0.29) is 6.67 Å². The van der Waals surface area contributed by atoms with E-state index in [4.69, 9.17) is 0 Å². The SMILES string of the molecule is FCC/C=C/[C@H]1CC[C@H](C2CCC(CCc3cc(F)c(OC(F)(F)F)c(F)c3)CC2)CC1. The normalized spacial score (nSPS) is 27.1. The van der Waals surface area contributed by atoms with E-state index in [2.05, 4.69) is 10.8 Å². The molecule has 1 aromatic carbocycles. The summed E-state index contributed by atoms with van der Waals surface area (Å²) in [6.07, 6.45) is 10.0. The first kappa shape index (κ1) is 25.0. The van der Waals surface area contributed by atoms with Gasteiger partial charge in [-0.25, -0.2) is 8.78 Å². The number of halogens is 6. The second-order valence-electron chi connectivity index (χ2n) is 9.34. The Kier molecular flexibility index (Phi) is 8.95. The van der Waals surface area contributed by atoms with Crippen molar-refractivity contribution in [1.29, 1.82) is 0 Å². The molecule has 180 valence electrons. The summed E-state index contributed by atoms with van der Waals surface area (Å²) in [6.45, 7) is -0.295. The first-order valence-corrected chi connectivity index (χ1v) is 11.7. The maximum Gasteiger partial charge on any atom is 0.573 e. The molecule has 0 heterocycles. The topological polar surface area (TPSA) is 9.23 Å². The molecule has 2 fully saturated rings. The minimum absolute atomic E-state index is 0.295. The van der Waals surface area contributed by atoms with Crippen LogP contribution in [-0.2, 0) is 6.42 Å². The predicted molar refractivity (Wildman–Crippen MR) is 112 cm³/mol. The fraction of sp³-hybridized carbons (Fsp3) is 0.680. The maximum atomic E-state index is 13.9. The number of allylic oxidation sites excluding steroid dienone is 2. The minimum atomic E-state index is -5.13. The molecule has 0 bridgehead atoms. The lowest BCUT2D eigenvalue weighted by atomic mass is 9.68. The third-order valence-corrected chi connectivity index (χ3v) is 7.18. The minimum Gasteiger partial charge on any atom is -0.399 e. The van der Waals surface area contributed by atoms with Crippen molar-refractivity contribution >= 4 is 0 Å². The van der Waals surface area contributed by atoms with Crippen LogP contribution in [-0.4, -0.2) is 13.0 Å².